The molecule has 37 heavy (non-hydrogen) atoms. The Morgan fingerprint density at radius 1 is 0.757 bits per heavy atom. The minimum absolute atomic E-state index is 0.0375. The Hall–Kier alpha value is -3.74. The summed E-state index contributed by atoms with van der Waals surface area (Å²) in [5.74, 6) is -0.220. The van der Waals surface area contributed by atoms with Gasteiger partial charge in [-0.15, -0.1) is 0 Å². The van der Waals surface area contributed by atoms with E-state index in [4.69, 9.17) is 0 Å². The van der Waals surface area contributed by atoms with Crippen LogP contribution in [-0.4, -0.2) is 53.8 Å². The van der Waals surface area contributed by atoms with Crippen LogP contribution in [0.1, 0.15) is 39.9 Å². The highest BCUT2D eigenvalue weighted by Crippen LogP contribution is 2.19. The van der Waals surface area contributed by atoms with Crippen molar-refractivity contribution in [2.24, 2.45) is 0 Å². The van der Waals surface area contributed by atoms with Gasteiger partial charge in [0.1, 0.15) is 0 Å². The van der Waals surface area contributed by atoms with Gasteiger partial charge in [-0.05, 0) is 59.9 Å². The van der Waals surface area contributed by atoms with Crippen molar-refractivity contribution in [1.82, 2.24) is 15.1 Å². The number of nitrogens with one attached hydrogen (secondary N) is 2. The van der Waals surface area contributed by atoms with Crippen molar-refractivity contribution in [1.29, 1.82) is 0 Å². The zero-order chi connectivity index (χ0) is 25.5. The van der Waals surface area contributed by atoms with Crippen molar-refractivity contribution >= 4 is 23.6 Å². The molecule has 6 heteroatoms. The number of rotatable bonds is 9. The molecule has 1 heterocycles. The highest BCUT2D eigenvalue weighted by atomic mass is 16.2. The van der Waals surface area contributed by atoms with Crippen molar-refractivity contribution < 1.29 is 9.59 Å². The van der Waals surface area contributed by atoms with Gasteiger partial charge in [0.25, 0.3) is 5.91 Å². The van der Waals surface area contributed by atoms with E-state index in [2.05, 4.69) is 62.9 Å². The van der Waals surface area contributed by atoms with Crippen molar-refractivity contribution in [3.8, 4) is 0 Å². The summed E-state index contributed by atoms with van der Waals surface area (Å²) < 4.78 is 0. The van der Waals surface area contributed by atoms with Gasteiger partial charge in [0, 0.05) is 62.6 Å². The van der Waals surface area contributed by atoms with Crippen molar-refractivity contribution in [3.05, 3.63) is 107 Å². The Bertz CT molecular complexity index is 1210. The quantitative estimate of drug-likeness (QED) is 0.429. The summed E-state index contributed by atoms with van der Waals surface area (Å²) in [6.07, 6.45) is 5.40. The molecule has 1 aliphatic heterocycles. The minimum atomic E-state index is -0.183. The molecular weight excluding hydrogens is 460 g/mol. The number of piperazine rings is 1. The summed E-state index contributed by atoms with van der Waals surface area (Å²) in [5, 5.41) is 5.90. The zero-order valence-corrected chi connectivity index (χ0v) is 21.1. The Morgan fingerprint density at radius 2 is 1.35 bits per heavy atom. The largest absolute Gasteiger partial charge is 0.349 e. The first-order chi connectivity index (χ1) is 18.1. The summed E-state index contributed by atoms with van der Waals surface area (Å²) in [7, 11) is 0. The van der Waals surface area contributed by atoms with Gasteiger partial charge in [0.2, 0.25) is 5.91 Å². The second kappa shape index (κ2) is 12.0. The van der Waals surface area contributed by atoms with Gasteiger partial charge in [-0.25, -0.2) is 0 Å². The Balaban J connectivity index is 1.05. The molecule has 3 aromatic rings. The number of hydrogen-bond donors (Lipinski definition) is 2. The summed E-state index contributed by atoms with van der Waals surface area (Å²) in [6.45, 7) is 6.20. The molecule has 2 amide bonds. The average molecular weight is 495 g/mol. The highest BCUT2D eigenvalue weighted by Gasteiger charge is 2.23. The van der Waals surface area contributed by atoms with Crippen molar-refractivity contribution in [2.75, 3.05) is 31.5 Å². The van der Waals surface area contributed by atoms with Gasteiger partial charge >= 0.3 is 0 Å². The van der Waals surface area contributed by atoms with Gasteiger partial charge in [0.05, 0.1) is 0 Å². The normalized spacial score (nSPS) is 16.5. The molecule has 5 rings (SSSR count). The van der Waals surface area contributed by atoms with Crippen LogP contribution in [0.15, 0.2) is 84.9 Å². The zero-order valence-electron chi connectivity index (χ0n) is 21.1. The molecule has 1 aliphatic carbocycles. The maximum Gasteiger partial charge on any atom is 0.251 e. The molecule has 0 aromatic heterocycles. The molecule has 0 bridgehead atoms. The number of amides is 2. The fourth-order valence-electron chi connectivity index (χ4n) is 4.50. The Labute approximate surface area is 219 Å². The third kappa shape index (κ3) is 7.62. The molecule has 2 N–H and O–H groups in total. The van der Waals surface area contributed by atoms with E-state index in [0.717, 1.165) is 63.4 Å². The molecule has 1 saturated heterocycles. The van der Waals surface area contributed by atoms with Crippen LogP contribution in [0.2, 0.25) is 0 Å². The lowest BCUT2D eigenvalue weighted by Crippen LogP contribution is -2.45. The topological polar surface area (TPSA) is 64.7 Å². The van der Waals surface area contributed by atoms with E-state index in [1.165, 1.54) is 17.2 Å². The number of anilines is 1. The predicted molar refractivity (Wildman–Crippen MR) is 148 cm³/mol. The SMILES string of the molecule is O=C(C=Cc1ccc(C(=O)NC2CC2)cc1)Nc1ccc(CN2CCN(Cc3ccccc3)CC2)cc1. The smallest absolute Gasteiger partial charge is 0.251 e. The average Bonchev–Trinajstić information content (AvgIpc) is 3.75. The summed E-state index contributed by atoms with van der Waals surface area (Å²) in [5.41, 5.74) is 4.91. The Kier molecular flexibility index (Phi) is 8.08. The second-order valence-electron chi connectivity index (χ2n) is 9.93. The Morgan fingerprint density at radius 3 is 1.95 bits per heavy atom. The van der Waals surface area contributed by atoms with Gasteiger partial charge in [-0.3, -0.25) is 19.4 Å². The third-order valence-corrected chi connectivity index (χ3v) is 6.85. The minimum Gasteiger partial charge on any atom is -0.349 e. The molecule has 0 atom stereocenters. The van der Waals surface area contributed by atoms with Crippen LogP contribution in [0.3, 0.4) is 0 Å². The first-order valence-electron chi connectivity index (χ1n) is 13.1. The monoisotopic (exact) mass is 494 g/mol. The first-order valence-corrected chi connectivity index (χ1v) is 13.1. The molecule has 3 aromatic carbocycles. The molecule has 2 aliphatic rings. The van der Waals surface area contributed by atoms with E-state index < -0.39 is 0 Å². The molecule has 0 spiro atoms. The van der Waals surface area contributed by atoms with E-state index in [1.54, 1.807) is 18.2 Å². The molecule has 2 fully saturated rings. The van der Waals surface area contributed by atoms with E-state index in [-0.39, 0.29) is 11.8 Å². The van der Waals surface area contributed by atoms with E-state index >= 15 is 0 Å². The van der Waals surface area contributed by atoms with Crippen LogP contribution in [0.25, 0.3) is 6.08 Å². The predicted octanol–water partition coefficient (Wildman–Crippen LogP) is 4.55. The second-order valence-corrected chi connectivity index (χ2v) is 9.93. The molecule has 0 radical (unpaired) electrons. The number of carbonyl (C=O) groups is 2. The van der Waals surface area contributed by atoms with Gasteiger partial charge < -0.3 is 10.6 Å². The maximum absolute atomic E-state index is 12.4. The van der Waals surface area contributed by atoms with Crippen molar-refractivity contribution in [2.45, 2.75) is 32.0 Å². The lowest BCUT2D eigenvalue weighted by atomic mass is 10.1. The van der Waals surface area contributed by atoms with Crippen LogP contribution in [-0.2, 0) is 17.9 Å². The van der Waals surface area contributed by atoms with E-state index in [9.17, 15) is 9.59 Å². The maximum atomic E-state index is 12.4. The molecule has 6 nitrogen and oxygen atoms in total. The van der Waals surface area contributed by atoms with Crippen LogP contribution < -0.4 is 10.6 Å². The number of benzene rings is 3. The van der Waals surface area contributed by atoms with Crippen LogP contribution in [0, 0.1) is 0 Å². The van der Waals surface area contributed by atoms with Gasteiger partial charge in [-0.2, -0.15) is 0 Å². The highest BCUT2D eigenvalue weighted by molar-refractivity contribution is 6.02. The van der Waals surface area contributed by atoms with E-state index in [1.807, 2.05) is 24.3 Å². The fourth-order valence-corrected chi connectivity index (χ4v) is 4.50. The molecule has 1 saturated carbocycles. The van der Waals surface area contributed by atoms with Crippen LogP contribution >= 0.6 is 0 Å². The lowest BCUT2D eigenvalue weighted by Gasteiger charge is -2.34. The summed E-state index contributed by atoms with van der Waals surface area (Å²) >= 11 is 0. The standard InChI is InChI=1S/C31H34N4O2/c36-30(17-10-24-6-11-27(12-7-24)31(37)33-29-15-16-29)32-28-13-8-26(9-14-28)23-35-20-18-34(19-21-35)22-25-4-2-1-3-5-25/h1-14,17,29H,15-16,18-23H2,(H,32,36)(H,33,37). The lowest BCUT2D eigenvalue weighted by molar-refractivity contribution is -0.111. The van der Waals surface area contributed by atoms with Crippen LogP contribution in [0.5, 0.6) is 0 Å². The molecule has 0 unspecified atom stereocenters. The third-order valence-electron chi connectivity index (χ3n) is 6.85. The van der Waals surface area contributed by atoms with Crippen LogP contribution in [0.4, 0.5) is 5.69 Å². The number of carbonyl (C=O) groups excluding carboxylic acids is 2. The van der Waals surface area contributed by atoms with E-state index in [0.29, 0.717) is 11.6 Å². The first kappa shape index (κ1) is 24.9. The molecule has 190 valence electrons. The molecular formula is C31H34N4O2. The van der Waals surface area contributed by atoms with Crippen molar-refractivity contribution in [3.63, 3.8) is 0 Å². The number of hydrogen-bond acceptors (Lipinski definition) is 4. The fraction of sp³-hybridized carbons (Fsp3) is 0.290. The summed E-state index contributed by atoms with van der Waals surface area (Å²) in [4.78, 5) is 29.5. The van der Waals surface area contributed by atoms with Gasteiger partial charge in [0.15, 0.2) is 0 Å². The van der Waals surface area contributed by atoms with Gasteiger partial charge in [-0.1, -0.05) is 54.6 Å². The summed E-state index contributed by atoms with van der Waals surface area (Å²) in [6, 6.07) is 26.4. The number of nitrogens with zero attached hydrogens (tertiary/aromatic N) is 2.